The Morgan fingerprint density at radius 3 is 2.81 bits per heavy atom. The number of likely N-dealkylation sites (tertiary alicyclic amines) is 1. The molecule has 0 atom stereocenters. The molecule has 1 aliphatic rings. The second-order valence-electron chi connectivity index (χ2n) is 8.30. The molecule has 1 fully saturated rings. The number of carboxylic acid groups (broad SMARTS) is 1. The molecule has 1 aliphatic heterocycles. The second-order valence-corrected chi connectivity index (χ2v) is 8.30. The van der Waals surface area contributed by atoms with E-state index in [1.807, 2.05) is 12.3 Å². The molecule has 6 nitrogen and oxygen atoms in total. The van der Waals surface area contributed by atoms with Gasteiger partial charge in [-0.1, -0.05) is 19.4 Å². The molecule has 0 spiro atoms. The number of piperidine rings is 1. The number of carbonyl (C=O) groups is 1. The van der Waals surface area contributed by atoms with Crippen molar-refractivity contribution in [2.24, 2.45) is 0 Å². The van der Waals surface area contributed by atoms with E-state index in [1.165, 1.54) is 23.8 Å². The summed E-state index contributed by atoms with van der Waals surface area (Å²) in [5.41, 5.74) is 2.82. The van der Waals surface area contributed by atoms with Crippen molar-refractivity contribution in [3.05, 3.63) is 59.9 Å². The molecule has 4 rings (SSSR count). The summed E-state index contributed by atoms with van der Waals surface area (Å²) in [7, 11) is 0. The van der Waals surface area contributed by atoms with E-state index in [9.17, 15) is 4.79 Å². The smallest absolute Gasteiger partial charge is 0.335 e. The quantitative estimate of drug-likeness (QED) is 0.538. The minimum Gasteiger partial charge on any atom is -0.492 e. The Labute approximate surface area is 183 Å². The topological polar surface area (TPSA) is 67.6 Å². The van der Waals surface area contributed by atoms with Crippen molar-refractivity contribution in [3.8, 4) is 5.75 Å². The lowest BCUT2D eigenvalue weighted by molar-refractivity contribution is 0.0696. The minimum atomic E-state index is -0.932. The molecule has 0 saturated carbocycles. The van der Waals surface area contributed by atoms with E-state index in [4.69, 9.17) is 9.84 Å². The molecule has 6 heteroatoms. The van der Waals surface area contributed by atoms with E-state index >= 15 is 0 Å². The molecule has 3 aromatic rings. The van der Waals surface area contributed by atoms with Gasteiger partial charge in [0.25, 0.3) is 0 Å². The van der Waals surface area contributed by atoms with Gasteiger partial charge in [0.2, 0.25) is 0 Å². The lowest BCUT2D eigenvalue weighted by Crippen LogP contribution is -2.35. The van der Waals surface area contributed by atoms with Gasteiger partial charge < -0.3 is 14.4 Å². The van der Waals surface area contributed by atoms with Crippen LogP contribution in [0.25, 0.3) is 11.0 Å². The van der Waals surface area contributed by atoms with Crippen molar-refractivity contribution < 1.29 is 14.6 Å². The maximum atomic E-state index is 11.1. The van der Waals surface area contributed by atoms with Gasteiger partial charge in [-0.25, -0.2) is 9.78 Å². The van der Waals surface area contributed by atoms with Gasteiger partial charge in [0, 0.05) is 30.9 Å². The SMILES string of the molecule is CCCCn1cc(C2CCN(CCOc3cccc(C(=O)O)c3)CC2)c2cccnc21. The number of hydrogen-bond donors (Lipinski definition) is 1. The third-order valence-electron chi connectivity index (χ3n) is 6.20. The van der Waals surface area contributed by atoms with Crippen LogP contribution in [-0.4, -0.2) is 51.8 Å². The normalized spacial score (nSPS) is 15.4. The van der Waals surface area contributed by atoms with Gasteiger partial charge in [0.15, 0.2) is 0 Å². The molecule has 0 bridgehead atoms. The van der Waals surface area contributed by atoms with Crippen LogP contribution in [0, 0.1) is 0 Å². The van der Waals surface area contributed by atoms with E-state index in [0.29, 0.717) is 18.3 Å². The van der Waals surface area contributed by atoms with Gasteiger partial charge in [0.05, 0.1) is 5.56 Å². The van der Waals surface area contributed by atoms with Crippen molar-refractivity contribution in [1.29, 1.82) is 0 Å². The van der Waals surface area contributed by atoms with Crippen LogP contribution in [0.2, 0.25) is 0 Å². The van der Waals surface area contributed by atoms with Gasteiger partial charge >= 0.3 is 5.97 Å². The lowest BCUT2D eigenvalue weighted by atomic mass is 9.89. The molecule has 1 saturated heterocycles. The Balaban J connectivity index is 1.32. The predicted molar refractivity (Wildman–Crippen MR) is 122 cm³/mol. The van der Waals surface area contributed by atoms with Gasteiger partial charge in [-0.05, 0) is 74.2 Å². The summed E-state index contributed by atoms with van der Waals surface area (Å²) in [6, 6.07) is 10.9. The van der Waals surface area contributed by atoms with Crippen LogP contribution in [0.5, 0.6) is 5.75 Å². The number of hydrogen-bond acceptors (Lipinski definition) is 4. The predicted octanol–water partition coefficient (Wildman–Crippen LogP) is 4.79. The number of aromatic carboxylic acids is 1. The molecule has 1 N–H and O–H groups in total. The molecule has 164 valence electrons. The van der Waals surface area contributed by atoms with Gasteiger partial charge in [-0.2, -0.15) is 0 Å². The van der Waals surface area contributed by atoms with E-state index < -0.39 is 5.97 Å². The highest BCUT2D eigenvalue weighted by Gasteiger charge is 2.24. The number of benzene rings is 1. The van der Waals surface area contributed by atoms with Crippen molar-refractivity contribution in [2.45, 2.75) is 45.1 Å². The third-order valence-corrected chi connectivity index (χ3v) is 6.20. The highest BCUT2D eigenvalue weighted by molar-refractivity contribution is 5.88. The Morgan fingerprint density at radius 1 is 1.19 bits per heavy atom. The zero-order valence-electron chi connectivity index (χ0n) is 18.2. The number of rotatable bonds is 9. The summed E-state index contributed by atoms with van der Waals surface area (Å²) < 4.78 is 8.13. The first-order chi connectivity index (χ1) is 15.2. The molecule has 0 aliphatic carbocycles. The Hall–Kier alpha value is -2.86. The van der Waals surface area contributed by atoms with Gasteiger partial charge in [-0.3, -0.25) is 4.90 Å². The van der Waals surface area contributed by atoms with Crippen molar-refractivity contribution in [1.82, 2.24) is 14.5 Å². The first-order valence-corrected chi connectivity index (χ1v) is 11.3. The summed E-state index contributed by atoms with van der Waals surface area (Å²) >= 11 is 0. The van der Waals surface area contributed by atoms with Crippen molar-refractivity contribution in [3.63, 3.8) is 0 Å². The van der Waals surface area contributed by atoms with Gasteiger partial charge in [0.1, 0.15) is 18.0 Å². The van der Waals surface area contributed by atoms with Gasteiger partial charge in [-0.15, -0.1) is 0 Å². The lowest BCUT2D eigenvalue weighted by Gasteiger charge is -2.31. The number of aromatic nitrogens is 2. The van der Waals surface area contributed by atoms with Crippen LogP contribution in [-0.2, 0) is 6.54 Å². The zero-order chi connectivity index (χ0) is 21.6. The van der Waals surface area contributed by atoms with Crippen molar-refractivity contribution >= 4 is 17.0 Å². The number of nitrogens with zero attached hydrogens (tertiary/aromatic N) is 3. The molecule has 3 heterocycles. The molecular formula is C25H31N3O3. The number of ether oxygens (including phenoxy) is 1. The number of unbranched alkanes of at least 4 members (excludes halogenated alkanes) is 1. The fourth-order valence-electron chi connectivity index (χ4n) is 4.45. The van der Waals surface area contributed by atoms with E-state index in [1.54, 1.807) is 24.3 Å². The van der Waals surface area contributed by atoms with E-state index in [0.717, 1.165) is 44.7 Å². The summed E-state index contributed by atoms with van der Waals surface area (Å²) in [6.45, 7) is 6.76. The van der Waals surface area contributed by atoms with Crippen LogP contribution in [0.3, 0.4) is 0 Å². The second kappa shape index (κ2) is 9.96. The Bertz CT molecular complexity index is 1020. The molecule has 0 amide bonds. The largest absolute Gasteiger partial charge is 0.492 e. The van der Waals surface area contributed by atoms with E-state index in [2.05, 4.69) is 33.6 Å². The highest BCUT2D eigenvalue weighted by atomic mass is 16.5. The standard InChI is InChI=1S/C25H31N3O3/c1-2-3-12-28-18-23(22-8-5-11-26-24(22)28)19-9-13-27(14-10-19)15-16-31-21-7-4-6-20(17-21)25(29)30/h4-8,11,17-19H,2-3,9-10,12-16H2,1H3,(H,29,30). The number of carboxylic acids is 1. The first kappa shape index (κ1) is 21.4. The molecule has 2 aromatic heterocycles. The van der Waals surface area contributed by atoms with E-state index in [-0.39, 0.29) is 5.56 Å². The third kappa shape index (κ3) is 5.07. The minimum absolute atomic E-state index is 0.255. The highest BCUT2D eigenvalue weighted by Crippen LogP contribution is 2.34. The maximum Gasteiger partial charge on any atom is 0.335 e. The molecule has 0 unspecified atom stereocenters. The summed E-state index contributed by atoms with van der Waals surface area (Å²) in [4.78, 5) is 18.2. The van der Waals surface area contributed by atoms with Crippen LogP contribution < -0.4 is 4.74 Å². The van der Waals surface area contributed by atoms with Crippen LogP contribution in [0.1, 0.15) is 54.4 Å². The molecule has 31 heavy (non-hydrogen) atoms. The fraction of sp³-hybridized carbons (Fsp3) is 0.440. The van der Waals surface area contributed by atoms with Crippen LogP contribution in [0.4, 0.5) is 0 Å². The van der Waals surface area contributed by atoms with Crippen LogP contribution >= 0.6 is 0 Å². The number of aryl methyl sites for hydroxylation is 1. The summed E-state index contributed by atoms with van der Waals surface area (Å²) in [6.07, 6.45) is 8.86. The average molecular weight is 422 g/mol. The maximum absolute atomic E-state index is 11.1. The average Bonchev–Trinajstić information content (AvgIpc) is 3.17. The monoisotopic (exact) mass is 421 g/mol. The zero-order valence-corrected chi connectivity index (χ0v) is 18.2. The van der Waals surface area contributed by atoms with Crippen molar-refractivity contribution in [2.75, 3.05) is 26.2 Å². The fourth-order valence-corrected chi connectivity index (χ4v) is 4.45. The first-order valence-electron chi connectivity index (χ1n) is 11.3. The number of fused-ring (bicyclic) bond motifs is 1. The Kier molecular flexibility index (Phi) is 6.87. The molecule has 1 aromatic carbocycles. The molecule has 0 radical (unpaired) electrons. The number of pyridine rings is 1. The Morgan fingerprint density at radius 2 is 2.03 bits per heavy atom. The van der Waals surface area contributed by atoms with Crippen LogP contribution in [0.15, 0.2) is 48.8 Å². The summed E-state index contributed by atoms with van der Waals surface area (Å²) in [5, 5.41) is 10.4. The summed E-state index contributed by atoms with van der Waals surface area (Å²) in [5.74, 6) is 0.250. The molecular weight excluding hydrogens is 390 g/mol.